The van der Waals surface area contributed by atoms with Crippen molar-refractivity contribution in [1.82, 2.24) is 0 Å². The van der Waals surface area contributed by atoms with E-state index in [1.807, 2.05) is 0 Å². The Morgan fingerprint density at radius 3 is 3.08 bits per heavy atom. The van der Waals surface area contributed by atoms with E-state index in [1.54, 1.807) is 0 Å². The van der Waals surface area contributed by atoms with Crippen LogP contribution < -0.4 is 0 Å². The molecule has 1 heteroatoms. The van der Waals surface area contributed by atoms with Crippen molar-refractivity contribution in [3.63, 3.8) is 0 Å². The summed E-state index contributed by atoms with van der Waals surface area (Å²) in [6.07, 6.45) is 4.02. The standard InChI is InChI=1S/C11H12O/c12-8-7-10-6-5-9-3-1-2-4-11(9)10/h1-4,8,10H,5-7H2. The van der Waals surface area contributed by atoms with Crippen LogP contribution >= 0.6 is 0 Å². The van der Waals surface area contributed by atoms with Crippen molar-refractivity contribution in [2.75, 3.05) is 0 Å². The Morgan fingerprint density at radius 2 is 2.25 bits per heavy atom. The van der Waals surface area contributed by atoms with Gasteiger partial charge in [-0.3, -0.25) is 0 Å². The van der Waals surface area contributed by atoms with E-state index in [9.17, 15) is 4.79 Å². The summed E-state index contributed by atoms with van der Waals surface area (Å²) in [7, 11) is 0. The maximum Gasteiger partial charge on any atom is 0.120 e. The molecule has 0 aliphatic heterocycles. The lowest BCUT2D eigenvalue weighted by atomic mass is 9.99. The third-order valence-corrected chi connectivity index (χ3v) is 2.64. The molecule has 1 aliphatic carbocycles. The fraction of sp³-hybridized carbons (Fsp3) is 0.364. The Bertz CT molecular complexity index is 291. The van der Waals surface area contributed by atoms with Crippen molar-refractivity contribution in [1.29, 1.82) is 0 Å². The van der Waals surface area contributed by atoms with Crippen molar-refractivity contribution >= 4 is 6.29 Å². The van der Waals surface area contributed by atoms with Crippen LogP contribution in [0, 0.1) is 0 Å². The minimum atomic E-state index is 0.499. The molecule has 1 atom stereocenters. The van der Waals surface area contributed by atoms with Gasteiger partial charge >= 0.3 is 0 Å². The van der Waals surface area contributed by atoms with Crippen molar-refractivity contribution in [2.24, 2.45) is 0 Å². The van der Waals surface area contributed by atoms with E-state index in [1.165, 1.54) is 11.1 Å². The van der Waals surface area contributed by atoms with E-state index in [0.717, 1.165) is 19.1 Å². The number of fused-ring (bicyclic) bond motifs is 1. The van der Waals surface area contributed by atoms with Crippen LogP contribution in [-0.4, -0.2) is 6.29 Å². The number of rotatable bonds is 2. The molecule has 0 spiro atoms. The highest BCUT2D eigenvalue weighted by atomic mass is 16.1. The quantitative estimate of drug-likeness (QED) is 0.607. The average Bonchev–Trinajstić information content (AvgIpc) is 2.50. The maximum atomic E-state index is 10.4. The predicted molar refractivity (Wildman–Crippen MR) is 48.2 cm³/mol. The van der Waals surface area contributed by atoms with Gasteiger partial charge in [-0.15, -0.1) is 0 Å². The second-order valence-electron chi connectivity index (χ2n) is 3.34. The Labute approximate surface area is 72.4 Å². The molecule has 0 radical (unpaired) electrons. The van der Waals surface area contributed by atoms with Crippen LogP contribution in [0.3, 0.4) is 0 Å². The molecule has 0 amide bonds. The van der Waals surface area contributed by atoms with Crippen LogP contribution in [-0.2, 0) is 11.2 Å². The smallest absolute Gasteiger partial charge is 0.120 e. The van der Waals surface area contributed by atoms with Crippen LogP contribution in [0.1, 0.15) is 29.9 Å². The predicted octanol–water partition coefficient (Wildman–Crippen LogP) is 2.31. The summed E-state index contributed by atoms with van der Waals surface area (Å²) < 4.78 is 0. The molecule has 0 N–H and O–H groups in total. The highest BCUT2D eigenvalue weighted by molar-refractivity contribution is 5.53. The maximum absolute atomic E-state index is 10.4. The topological polar surface area (TPSA) is 17.1 Å². The van der Waals surface area contributed by atoms with Crippen molar-refractivity contribution in [3.8, 4) is 0 Å². The number of hydrogen-bond donors (Lipinski definition) is 0. The van der Waals surface area contributed by atoms with Crippen molar-refractivity contribution in [3.05, 3.63) is 35.4 Å². The SMILES string of the molecule is O=CCC1CCc2ccccc21. The molecule has 1 aromatic rings. The number of aldehydes is 1. The lowest BCUT2D eigenvalue weighted by Crippen LogP contribution is -1.93. The van der Waals surface area contributed by atoms with Gasteiger partial charge in [0.2, 0.25) is 0 Å². The Kier molecular flexibility index (Phi) is 1.94. The molecule has 0 heterocycles. The second kappa shape index (κ2) is 3.10. The van der Waals surface area contributed by atoms with Crippen LogP contribution in [0.2, 0.25) is 0 Å². The lowest BCUT2D eigenvalue weighted by Gasteiger charge is -2.05. The van der Waals surface area contributed by atoms with E-state index < -0.39 is 0 Å². The number of carbonyl (C=O) groups is 1. The second-order valence-corrected chi connectivity index (χ2v) is 3.34. The fourth-order valence-electron chi connectivity index (χ4n) is 2.01. The highest BCUT2D eigenvalue weighted by Gasteiger charge is 2.20. The highest BCUT2D eigenvalue weighted by Crippen LogP contribution is 2.34. The Balaban J connectivity index is 2.29. The molecule has 1 aliphatic rings. The number of hydrogen-bond acceptors (Lipinski definition) is 1. The molecule has 62 valence electrons. The summed E-state index contributed by atoms with van der Waals surface area (Å²) in [5, 5.41) is 0. The molecule has 1 nitrogen and oxygen atoms in total. The molecule has 12 heavy (non-hydrogen) atoms. The van der Waals surface area contributed by atoms with E-state index in [-0.39, 0.29) is 0 Å². The molecular weight excluding hydrogens is 148 g/mol. The van der Waals surface area contributed by atoms with Gasteiger partial charge in [-0.25, -0.2) is 0 Å². The van der Waals surface area contributed by atoms with E-state index >= 15 is 0 Å². The first kappa shape index (κ1) is 7.53. The molecule has 0 bridgehead atoms. The summed E-state index contributed by atoms with van der Waals surface area (Å²) in [6.45, 7) is 0. The summed E-state index contributed by atoms with van der Waals surface area (Å²) in [5.41, 5.74) is 2.83. The number of benzene rings is 1. The van der Waals surface area contributed by atoms with Gasteiger partial charge in [0.25, 0.3) is 0 Å². The summed E-state index contributed by atoms with van der Waals surface area (Å²) in [5.74, 6) is 0.499. The largest absolute Gasteiger partial charge is 0.303 e. The fourth-order valence-corrected chi connectivity index (χ4v) is 2.01. The summed E-state index contributed by atoms with van der Waals surface area (Å²) in [6, 6.07) is 8.45. The van der Waals surface area contributed by atoms with Gasteiger partial charge in [-0.05, 0) is 29.9 Å². The third kappa shape index (κ3) is 1.15. The Hall–Kier alpha value is -1.11. The first-order valence-corrected chi connectivity index (χ1v) is 4.43. The van der Waals surface area contributed by atoms with Crippen molar-refractivity contribution < 1.29 is 4.79 Å². The Morgan fingerprint density at radius 1 is 1.42 bits per heavy atom. The van der Waals surface area contributed by atoms with Gasteiger partial charge in [0.15, 0.2) is 0 Å². The molecule has 0 saturated carbocycles. The molecule has 2 rings (SSSR count). The van der Waals surface area contributed by atoms with Crippen LogP contribution in [0.25, 0.3) is 0 Å². The summed E-state index contributed by atoms with van der Waals surface area (Å²) >= 11 is 0. The molecule has 0 aromatic heterocycles. The van der Waals surface area contributed by atoms with Crippen LogP contribution in [0.5, 0.6) is 0 Å². The monoisotopic (exact) mass is 160 g/mol. The minimum Gasteiger partial charge on any atom is -0.303 e. The van der Waals surface area contributed by atoms with Gasteiger partial charge in [0, 0.05) is 6.42 Å². The average molecular weight is 160 g/mol. The zero-order chi connectivity index (χ0) is 8.39. The molecule has 1 unspecified atom stereocenters. The van der Waals surface area contributed by atoms with Crippen LogP contribution in [0.4, 0.5) is 0 Å². The van der Waals surface area contributed by atoms with E-state index in [4.69, 9.17) is 0 Å². The third-order valence-electron chi connectivity index (χ3n) is 2.64. The first-order chi connectivity index (χ1) is 5.92. The molecule has 0 saturated heterocycles. The molecular formula is C11H12O. The molecule has 1 aromatic carbocycles. The number of carbonyl (C=O) groups excluding carboxylic acids is 1. The minimum absolute atomic E-state index is 0.499. The lowest BCUT2D eigenvalue weighted by molar-refractivity contribution is -0.108. The van der Waals surface area contributed by atoms with Gasteiger partial charge in [0.1, 0.15) is 6.29 Å². The van der Waals surface area contributed by atoms with Gasteiger partial charge < -0.3 is 4.79 Å². The van der Waals surface area contributed by atoms with Gasteiger partial charge in [-0.2, -0.15) is 0 Å². The van der Waals surface area contributed by atoms with Crippen LogP contribution in [0.15, 0.2) is 24.3 Å². The number of aryl methyl sites for hydroxylation is 1. The summed E-state index contributed by atoms with van der Waals surface area (Å²) in [4.78, 5) is 10.4. The van der Waals surface area contributed by atoms with Gasteiger partial charge in [-0.1, -0.05) is 24.3 Å². The van der Waals surface area contributed by atoms with E-state index in [2.05, 4.69) is 24.3 Å². The zero-order valence-corrected chi connectivity index (χ0v) is 6.99. The van der Waals surface area contributed by atoms with E-state index in [0.29, 0.717) is 12.3 Å². The normalized spacial score (nSPS) is 20.5. The molecule has 0 fully saturated rings. The van der Waals surface area contributed by atoms with Gasteiger partial charge in [0.05, 0.1) is 0 Å². The first-order valence-electron chi connectivity index (χ1n) is 4.43. The van der Waals surface area contributed by atoms with Crippen molar-refractivity contribution in [2.45, 2.75) is 25.2 Å². The zero-order valence-electron chi connectivity index (χ0n) is 6.99.